The lowest BCUT2D eigenvalue weighted by atomic mass is 10.0. The summed E-state index contributed by atoms with van der Waals surface area (Å²) in [5, 5.41) is 5.12. The molecular formula is C24H22N2O4. The molecule has 4 rings (SSSR count). The molecule has 0 aliphatic carbocycles. The average Bonchev–Trinajstić information content (AvgIpc) is 3.21. The summed E-state index contributed by atoms with van der Waals surface area (Å²) in [6.07, 6.45) is 4.42. The molecule has 6 heteroatoms. The van der Waals surface area contributed by atoms with Gasteiger partial charge < -0.3 is 9.15 Å². The number of hydrogen-bond donors (Lipinski definition) is 0. The Bertz CT molecular complexity index is 1260. The van der Waals surface area contributed by atoms with Crippen LogP contribution in [0, 0.1) is 13.8 Å². The maximum atomic E-state index is 12.3. The van der Waals surface area contributed by atoms with Crippen molar-refractivity contribution < 1.29 is 13.9 Å². The van der Waals surface area contributed by atoms with Gasteiger partial charge in [-0.3, -0.25) is 4.79 Å². The lowest BCUT2D eigenvalue weighted by molar-refractivity contribution is -0.144. The standard InChI is InChI=1S/C24H22N2O4/c1-16-10-21-19(12-24(28)30-22(21)11-17(16)2)15-29-23(27)9-8-18-13-25-26(14-18)20-6-4-3-5-7-20/h3-7,10-14H,8-9,15H2,1-2H3. The molecule has 4 aromatic rings. The van der Waals surface area contributed by atoms with Crippen LogP contribution in [0.2, 0.25) is 0 Å². The molecule has 0 bridgehead atoms. The monoisotopic (exact) mass is 402 g/mol. The van der Waals surface area contributed by atoms with Crippen LogP contribution in [-0.4, -0.2) is 15.7 Å². The lowest BCUT2D eigenvalue weighted by Crippen LogP contribution is -2.08. The predicted molar refractivity (Wildman–Crippen MR) is 114 cm³/mol. The Morgan fingerprint density at radius 3 is 2.67 bits per heavy atom. The SMILES string of the molecule is Cc1cc2oc(=O)cc(COC(=O)CCc3cnn(-c4ccccc4)c3)c2cc1C. The number of fused-ring (bicyclic) bond motifs is 1. The summed E-state index contributed by atoms with van der Waals surface area (Å²) >= 11 is 0. The number of nitrogens with zero attached hydrogens (tertiary/aromatic N) is 2. The van der Waals surface area contributed by atoms with Gasteiger partial charge in [0.25, 0.3) is 0 Å². The van der Waals surface area contributed by atoms with Crippen molar-refractivity contribution >= 4 is 16.9 Å². The second-order valence-electron chi connectivity index (χ2n) is 7.31. The zero-order valence-electron chi connectivity index (χ0n) is 16.9. The molecule has 0 amide bonds. The number of esters is 1. The molecule has 0 radical (unpaired) electrons. The van der Waals surface area contributed by atoms with Gasteiger partial charge >= 0.3 is 11.6 Å². The van der Waals surface area contributed by atoms with E-state index in [-0.39, 0.29) is 19.0 Å². The highest BCUT2D eigenvalue weighted by atomic mass is 16.5. The van der Waals surface area contributed by atoms with Crippen LogP contribution >= 0.6 is 0 Å². The fourth-order valence-electron chi connectivity index (χ4n) is 3.29. The van der Waals surface area contributed by atoms with Crippen molar-refractivity contribution in [2.24, 2.45) is 0 Å². The fraction of sp³-hybridized carbons (Fsp3) is 0.208. The highest BCUT2D eigenvalue weighted by Gasteiger charge is 2.11. The number of aryl methyl sites for hydroxylation is 3. The molecule has 0 saturated heterocycles. The van der Waals surface area contributed by atoms with Crippen molar-refractivity contribution in [2.75, 3.05) is 0 Å². The maximum Gasteiger partial charge on any atom is 0.336 e. The Morgan fingerprint density at radius 2 is 1.87 bits per heavy atom. The molecule has 0 saturated carbocycles. The number of carbonyl (C=O) groups excluding carboxylic acids is 1. The van der Waals surface area contributed by atoms with E-state index in [4.69, 9.17) is 9.15 Å². The number of ether oxygens (including phenoxy) is 1. The molecule has 0 N–H and O–H groups in total. The number of benzene rings is 2. The summed E-state index contributed by atoms with van der Waals surface area (Å²) < 4.78 is 12.5. The van der Waals surface area contributed by atoms with Crippen LogP contribution in [0.25, 0.3) is 16.7 Å². The van der Waals surface area contributed by atoms with Gasteiger partial charge in [-0.25, -0.2) is 9.48 Å². The van der Waals surface area contributed by atoms with E-state index in [1.165, 1.54) is 6.07 Å². The summed E-state index contributed by atoms with van der Waals surface area (Å²) in [5.74, 6) is -0.326. The topological polar surface area (TPSA) is 74.3 Å². The molecule has 152 valence electrons. The third-order valence-corrected chi connectivity index (χ3v) is 5.11. The maximum absolute atomic E-state index is 12.3. The molecule has 0 spiro atoms. The number of para-hydroxylation sites is 1. The Hall–Kier alpha value is -3.67. The van der Waals surface area contributed by atoms with Crippen LogP contribution in [0.1, 0.15) is 28.7 Å². The van der Waals surface area contributed by atoms with Gasteiger partial charge in [0.05, 0.1) is 11.9 Å². The van der Waals surface area contributed by atoms with Crippen LogP contribution in [0.5, 0.6) is 0 Å². The average molecular weight is 402 g/mol. The second kappa shape index (κ2) is 8.37. The van der Waals surface area contributed by atoms with Gasteiger partial charge in [0.2, 0.25) is 0 Å². The molecule has 30 heavy (non-hydrogen) atoms. The zero-order chi connectivity index (χ0) is 21.1. The first-order valence-electron chi connectivity index (χ1n) is 9.78. The van der Waals surface area contributed by atoms with Crippen molar-refractivity contribution in [3.05, 3.63) is 93.6 Å². The van der Waals surface area contributed by atoms with E-state index in [1.807, 2.05) is 62.5 Å². The predicted octanol–water partition coefficient (Wildman–Crippen LogP) is 4.27. The van der Waals surface area contributed by atoms with Crippen LogP contribution < -0.4 is 5.63 Å². The Labute approximate surface area is 173 Å². The quantitative estimate of drug-likeness (QED) is 0.356. The van der Waals surface area contributed by atoms with E-state index in [1.54, 1.807) is 10.9 Å². The Morgan fingerprint density at radius 1 is 1.10 bits per heavy atom. The summed E-state index contributed by atoms with van der Waals surface area (Å²) in [7, 11) is 0. The van der Waals surface area contributed by atoms with Crippen LogP contribution in [0.4, 0.5) is 0 Å². The normalized spacial score (nSPS) is 11.0. The minimum absolute atomic E-state index is 0.0344. The van der Waals surface area contributed by atoms with Gasteiger partial charge in [0.15, 0.2) is 0 Å². The number of aromatic nitrogens is 2. The third kappa shape index (κ3) is 4.33. The Kier molecular flexibility index (Phi) is 5.48. The van der Waals surface area contributed by atoms with E-state index in [2.05, 4.69) is 5.10 Å². The largest absolute Gasteiger partial charge is 0.461 e. The molecule has 2 aromatic heterocycles. The molecule has 0 fully saturated rings. The molecule has 2 aromatic carbocycles. The smallest absolute Gasteiger partial charge is 0.336 e. The van der Waals surface area contributed by atoms with Gasteiger partial charge in [0, 0.05) is 29.6 Å². The summed E-state index contributed by atoms with van der Waals surface area (Å²) in [6, 6.07) is 15.0. The van der Waals surface area contributed by atoms with E-state index >= 15 is 0 Å². The van der Waals surface area contributed by atoms with E-state index in [0.29, 0.717) is 17.6 Å². The van der Waals surface area contributed by atoms with Gasteiger partial charge in [-0.2, -0.15) is 5.10 Å². The third-order valence-electron chi connectivity index (χ3n) is 5.11. The highest BCUT2D eigenvalue weighted by molar-refractivity contribution is 5.82. The van der Waals surface area contributed by atoms with E-state index in [0.717, 1.165) is 27.8 Å². The second-order valence-corrected chi connectivity index (χ2v) is 7.31. The van der Waals surface area contributed by atoms with Crippen molar-refractivity contribution in [3.63, 3.8) is 0 Å². The minimum Gasteiger partial charge on any atom is -0.461 e. The van der Waals surface area contributed by atoms with Crippen LogP contribution in [0.15, 0.2) is 70.1 Å². The molecule has 0 aliphatic heterocycles. The molecule has 6 nitrogen and oxygen atoms in total. The van der Waals surface area contributed by atoms with Crippen molar-refractivity contribution in [1.82, 2.24) is 9.78 Å². The van der Waals surface area contributed by atoms with E-state index in [9.17, 15) is 9.59 Å². The first-order chi connectivity index (χ1) is 14.5. The first kappa shape index (κ1) is 19.6. The number of hydrogen-bond acceptors (Lipinski definition) is 5. The van der Waals surface area contributed by atoms with Gasteiger partial charge in [-0.1, -0.05) is 18.2 Å². The fourth-order valence-corrected chi connectivity index (χ4v) is 3.29. The first-order valence-corrected chi connectivity index (χ1v) is 9.78. The summed E-state index contributed by atoms with van der Waals surface area (Å²) in [4.78, 5) is 24.1. The van der Waals surface area contributed by atoms with E-state index < -0.39 is 5.63 Å². The van der Waals surface area contributed by atoms with Gasteiger partial charge in [-0.05, 0) is 61.2 Å². The minimum atomic E-state index is -0.454. The zero-order valence-corrected chi connectivity index (χ0v) is 16.9. The molecule has 0 atom stereocenters. The van der Waals surface area contributed by atoms with Crippen molar-refractivity contribution in [1.29, 1.82) is 0 Å². The number of rotatable bonds is 6. The molecule has 0 unspecified atom stereocenters. The molecule has 0 aliphatic rings. The summed E-state index contributed by atoms with van der Waals surface area (Å²) in [5.41, 5.74) is 4.74. The number of carbonyl (C=O) groups is 1. The molecular weight excluding hydrogens is 380 g/mol. The van der Waals surface area contributed by atoms with Crippen molar-refractivity contribution in [2.45, 2.75) is 33.3 Å². The van der Waals surface area contributed by atoms with Gasteiger partial charge in [-0.15, -0.1) is 0 Å². The highest BCUT2D eigenvalue weighted by Crippen LogP contribution is 2.22. The Balaban J connectivity index is 1.39. The summed E-state index contributed by atoms with van der Waals surface area (Å²) in [6.45, 7) is 3.99. The van der Waals surface area contributed by atoms with Gasteiger partial charge in [0.1, 0.15) is 12.2 Å². The van der Waals surface area contributed by atoms with Crippen LogP contribution in [0.3, 0.4) is 0 Å². The van der Waals surface area contributed by atoms with Crippen LogP contribution in [-0.2, 0) is 22.6 Å². The molecule has 2 heterocycles. The lowest BCUT2D eigenvalue weighted by Gasteiger charge is -2.09. The van der Waals surface area contributed by atoms with Crippen molar-refractivity contribution in [3.8, 4) is 5.69 Å².